The fourth-order valence-corrected chi connectivity index (χ4v) is 1.50. The van der Waals surface area contributed by atoms with E-state index < -0.39 is 0 Å². The van der Waals surface area contributed by atoms with E-state index in [9.17, 15) is 0 Å². The first-order valence-electron chi connectivity index (χ1n) is 4.12. The van der Waals surface area contributed by atoms with Gasteiger partial charge in [0.25, 0.3) is 0 Å². The second kappa shape index (κ2) is 4.10. The number of aromatic nitrogens is 4. The van der Waals surface area contributed by atoms with Gasteiger partial charge in [0, 0.05) is 24.8 Å². The average Bonchev–Trinajstić information content (AvgIpc) is 2.72. The van der Waals surface area contributed by atoms with Gasteiger partial charge in [0.15, 0.2) is 0 Å². The highest BCUT2D eigenvalue weighted by Gasteiger charge is 2.05. The molecule has 0 atom stereocenters. The van der Waals surface area contributed by atoms with Gasteiger partial charge in [-0.05, 0) is 17.3 Å². The van der Waals surface area contributed by atoms with Crippen LogP contribution in [-0.2, 0) is 6.54 Å². The maximum Gasteiger partial charge on any atom is 0.227 e. The van der Waals surface area contributed by atoms with Gasteiger partial charge in [0.05, 0.1) is 12.2 Å². The molecule has 0 bridgehead atoms. The summed E-state index contributed by atoms with van der Waals surface area (Å²) in [6, 6.07) is 5.84. The Balaban J connectivity index is 2.06. The molecule has 2 aromatic heterocycles. The van der Waals surface area contributed by atoms with E-state index >= 15 is 0 Å². The molecule has 0 unspecified atom stereocenters. The smallest absolute Gasteiger partial charge is 0.227 e. The van der Waals surface area contributed by atoms with Crippen molar-refractivity contribution in [3.05, 3.63) is 30.1 Å². The predicted molar refractivity (Wildman–Crippen MR) is 54.0 cm³/mol. The highest BCUT2D eigenvalue weighted by atomic mass is 32.1. The first-order valence-corrected chi connectivity index (χ1v) is 4.89. The third-order valence-electron chi connectivity index (χ3n) is 1.74. The Kier molecular flexibility index (Phi) is 2.64. The Bertz CT molecular complexity index is 374. The van der Waals surface area contributed by atoms with Gasteiger partial charge >= 0.3 is 0 Å². The number of hydrogen-bond acceptors (Lipinski definition) is 6. The van der Waals surface area contributed by atoms with Crippen LogP contribution in [0.3, 0.4) is 0 Å². The van der Waals surface area contributed by atoms with Gasteiger partial charge in [-0.2, -0.15) is 0 Å². The maximum absolute atomic E-state index is 4.22. The summed E-state index contributed by atoms with van der Waals surface area (Å²) in [7, 11) is 1.94. The number of pyridine rings is 1. The molecule has 0 aliphatic carbocycles. The summed E-state index contributed by atoms with van der Waals surface area (Å²) in [6.45, 7) is 0.720. The molecule has 0 aliphatic heterocycles. The molecule has 14 heavy (non-hydrogen) atoms. The molecule has 0 saturated carbocycles. The molecule has 6 heteroatoms. The number of rotatable bonds is 3. The van der Waals surface area contributed by atoms with Gasteiger partial charge in [0.2, 0.25) is 5.13 Å². The molecule has 0 saturated heterocycles. The van der Waals surface area contributed by atoms with Crippen LogP contribution in [0.2, 0.25) is 0 Å². The van der Waals surface area contributed by atoms with Crippen LogP contribution in [0, 0.1) is 0 Å². The molecule has 2 heterocycles. The molecule has 0 aromatic carbocycles. The summed E-state index contributed by atoms with van der Waals surface area (Å²) in [5.74, 6) is 0. The molecule has 0 N–H and O–H groups in total. The fourth-order valence-electron chi connectivity index (χ4n) is 1.08. The minimum absolute atomic E-state index is 0.720. The highest BCUT2D eigenvalue weighted by molar-refractivity contribution is 7.09. The molecule has 5 nitrogen and oxygen atoms in total. The topological polar surface area (TPSA) is 54.8 Å². The largest absolute Gasteiger partial charge is 0.343 e. The number of hydrogen-bond donors (Lipinski definition) is 0. The van der Waals surface area contributed by atoms with Crippen molar-refractivity contribution in [2.75, 3.05) is 11.9 Å². The minimum Gasteiger partial charge on any atom is -0.343 e. The zero-order valence-corrected chi connectivity index (χ0v) is 8.48. The summed E-state index contributed by atoms with van der Waals surface area (Å²) < 4.78 is 3.70. The molecular weight excluding hydrogens is 198 g/mol. The summed E-state index contributed by atoms with van der Waals surface area (Å²) in [5.41, 5.74) is 1.00. The van der Waals surface area contributed by atoms with Crippen LogP contribution < -0.4 is 4.90 Å². The third kappa shape index (κ3) is 2.02. The predicted octanol–water partition coefficient (Wildman–Crippen LogP) is 0.965. The highest BCUT2D eigenvalue weighted by Crippen LogP contribution is 2.13. The third-order valence-corrected chi connectivity index (χ3v) is 2.45. The summed E-state index contributed by atoms with van der Waals surface area (Å²) in [4.78, 5) is 6.19. The van der Waals surface area contributed by atoms with Crippen molar-refractivity contribution in [2.45, 2.75) is 6.54 Å². The van der Waals surface area contributed by atoms with Crippen LogP contribution in [0.5, 0.6) is 0 Å². The molecule has 72 valence electrons. The Morgan fingerprint density at radius 3 is 3.00 bits per heavy atom. The lowest BCUT2D eigenvalue weighted by Gasteiger charge is -2.12. The van der Waals surface area contributed by atoms with Gasteiger partial charge in [-0.1, -0.05) is 15.7 Å². The van der Waals surface area contributed by atoms with Crippen LogP contribution in [0.1, 0.15) is 5.69 Å². The van der Waals surface area contributed by atoms with E-state index in [4.69, 9.17) is 0 Å². The molecular formula is C8H9N5S. The standard InChI is InChI=1S/C8H9N5S/c1-13(8-10-11-12-14-8)6-7-4-2-3-5-9-7/h2-5H,6H2,1H3. The zero-order valence-electron chi connectivity index (χ0n) is 7.66. The van der Waals surface area contributed by atoms with Crippen LogP contribution >= 0.6 is 11.5 Å². The van der Waals surface area contributed by atoms with Crippen molar-refractivity contribution < 1.29 is 0 Å². The average molecular weight is 207 g/mol. The summed E-state index contributed by atoms with van der Waals surface area (Å²) in [5, 5.41) is 8.21. The molecule has 0 spiro atoms. The normalized spacial score (nSPS) is 10.1. The molecule has 0 fully saturated rings. The lowest BCUT2D eigenvalue weighted by molar-refractivity contribution is 0.852. The fraction of sp³-hybridized carbons (Fsp3) is 0.250. The van der Waals surface area contributed by atoms with Gasteiger partial charge in [-0.25, -0.2) is 0 Å². The Labute approximate surface area is 85.6 Å². The van der Waals surface area contributed by atoms with Gasteiger partial charge in [-0.15, -0.1) is 0 Å². The second-order valence-electron chi connectivity index (χ2n) is 2.82. The van der Waals surface area contributed by atoms with E-state index in [-0.39, 0.29) is 0 Å². The number of nitrogens with zero attached hydrogens (tertiary/aromatic N) is 5. The van der Waals surface area contributed by atoms with E-state index in [1.165, 1.54) is 11.5 Å². The van der Waals surface area contributed by atoms with E-state index in [0.29, 0.717) is 0 Å². The summed E-state index contributed by atoms with van der Waals surface area (Å²) in [6.07, 6.45) is 1.78. The van der Waals surface area contributed by atoms with Crippen molar-refractivity contribution >= 4 is 16.7 Å². The summed E-state index contributed by atoms with van der Waals surface area (Å²) >= 11 is 1.28. The molecule has 0 radical (unpaired) electrons. The lowest BCUT2D eigenvalue weighted by Crippen LogP contribution is -2.16. The monoisotopic (exact) mass is 207 g/mol. The molecule has 0 amide bonds. The minimum atomic E-state index is 0.720. The van der Waals surface area contributed by atoms with Crippen molar-refractivity contribution in [3.8, 4) is 0 Å². The van der Waals surface area contributed by atoms with Crippen LogP contribution in [0.25, 0.3) is 0 Å². The Morgan fingerprint density at radius 2 is 2.36 bits per heavy atom. The van der Waals surface area contributed by atoms with E-state index in [2.05, 4.69) is 19.8 Å². The van der Waals surface area contributed by atoms with Gasteiger partial charge < -0.3 is 4.90 Å². The van der Waals surface area contributed by atoms with Gasteiger partial charge in [0.1, 0.15) is 0 Å². The second-order valence-corrected chi connectivity index (χ2v) is 3.53. The van der Waals surface area contributed by atoms with Crippen molar-refractivity contribution in [1.82, 2.24) is 19.8 Å². The first kappa shape index (κ1) is 9.01. The zero-order chi connectivity index (χ0) is 9.80. The van der Waals surface area contributed by atoms with Crippen molar-refractivity contribution in [1.29, 1.82) is 0 Å². The quantitative estimate of drug-likeness (QED) is 0.750. The van der Waals surface area contributed by atoms with Crippen LogP contribution in [0.15, 0.2) is 24.4 Å². The SMILES string of the molecule is CN(Cc1ccccn1)c1nnns1. The van der Waals surface area contributed by atoms with Crippen molar-refractivity contribution in [2.24, 2.45) is 0 Å². The number of anilines is 1. The van der Waals surface area contributed by atoms with E-state index in [0.717, 1.165) is 17.4 Å². The lowest BCUT2D eigenvalue weighted by atomic mass is 10.3. The Morgan fingerprint density at radius 1 is 1.43 bits per heavy atom. The Hall–Kier alpha value is -1.56. The van der Waals surface area contributed by atoms with Crippen molar-refractivity contribution in [3.63, 3.8) is 0 Å². The molecule has 0 aliphatic rings. The van der Waals surface area contributed by atoms with E-state index in [1.807, 2.05) is 30.1 Å². The van der Waals surface area contributed by atoms with Gasteiger partial charge in [-0.3, -0.25) is 4.98 Å². The maximum atomic E-state index is 4.22. The van der Waals surface area contributed by atoms with E-state index in [1.54, 1.807) is 6.20 Å². The van der Waals surface area contributed by atoms with Crippen LogP contribution in [-0.4, -0.2) is 26.8 Å². The van der Waals surface area contributed by atoms with Crippen LogP contribution in [0.4, 0.5) is 5.13 Å². The first-order chi connectivity index (χ1) is 6.86. The molecule has 2 aromatic rings. The molecule has 2 rings (SSSR count).